The Bertz CT molecular complexity index is 221. The van der Waals surface area contributed by atoms with Crippen molar-refractivity contribution in [3.8, 4) is 0 Å². The van der Waals surface area contributed by atoms with E-state index < -0.39 is 10.8 Å². The number of nitrogens with two attached hydrogens (primary N) is 1. The molecule has 0 radical (unpaired) electrons. The van der Waals surface area contributed by atoms with E-state index in [2.05, 4.69) is 10.5 Å². The average molecular weight is 221 g/mol. The summed E-state index contributed by atoms with van der Waals surface area (Å²) in [5.41, 5.74) is 5.37. The van der Waals surface area contributed by atoms with Crippen LogP contribution in [0.5, 0.6) is 0 Å². The predicted molar refractivity (Wildman–Crippen MR) is 59.0 cm³/mol. The maximum absolute atomic E-state index is 11.0. The zero-order chi connectivity index (χ0) is 11.1. The minimum Gasteiger partial charge on any atom is -0.409 e. The largest absolute Gasteiger partial charge is 0.409 e. The van der Waals surface area contributed by atoms with E-state index in [1.54, 1.807) is 6.26 Å². The molecule has 0 fully saturated rings. The van der Waals surface area contributed by atoms with Crippen molar-refractivity contribution in [3.05, 3.63) is 0 Å². The molecule has 0 amide bonds. The fourth-order valence-corrected chi connectivity index (χ4v) is 1.31. The van der Waals surface area contributed by atoms with E-state index >= 15 is 0 Å². The molecule has 4 N–H and O–H groups in total. The van der Waals surface area contributed by atoms with Crippen LogP contribution < -0.4 is 11.1 Å². The minimum atomic E-state index is -0.788. The molecule has 0 bridgehead atoms. The molecule has 0 spiro atoms. The molecule has 84 valence electrons. The zero-order valence-electron chi connectivity index (χ0n) is 8.86. The lowest BCUT2D eigenvalue weighted by Gasteiger charge is -2.13. The monoisotopic (exact) mass is 221 g/mol. The van der Waals surface area contributed by atoms with Gasteiger partial charge >= 0.3 is 0 Å². The number of hydrogen-bond acceptors (Lipinski definition) is 4. The van der Waals surface area contributed by atoms with Crippen LogP contribution in [0, 0.1) is 0 Å². The van der Waals surface area contributed by atoms with E-state index in [1.807, 2.05) is 13.8 Å². The van der Waals surface area contributed by atoms with Crippen LogP contribution >= 0.6 is 0 Å². The predicted octanol–water partition coefficient (Wildman–Crippen LogP) is -0.132. The van der Waals surface area contributed by atoms with Gasteiger partial charge < -0.3 is 16.3 Å². The van der Waals surface area contributed by atoms with Crippen LogP contribution in [0.15, 0.2) is 5.16 Å². The van der Waals surface area contributed by atoms with Crippen LogP contribution in [0.1, 0.15) is 20.3 Å². The summed E-state index contributed by atoms with van der Waals surface area (Å²) in [5.74, 6) is 0.162. The summed E-state index contributed by atoms with van der Waals surface area (Å²) in [6, 6.07) is -0.155. The number of rotatable bonds is 6. The highest BCUT2D eigenvalue weighted by molar-refractivity contribution is 7.84. The van der Waals surface area contributed by atoms with Crippen LogP contribution in [0.3, 0.4) is 0 Å². The lowest BCUT2D eigenvalue weighted by molar-refractivity contribution is 0.315. The number of amidine groups is 1. The minimum absolute atomic E-state index is 0.155. The third-order valence-corrected chi connectivity index (χ3v) is 3.50. The van der Waals surface area contributed by atoms with Crippen LogP contribution in [0.4, 0.5) is 0 Å². The van der Waals surface area contributed by atoms with Gasteiger partial charge in [0.05, 0.1) is 6.04 Å². The highest BCUT2D eigenvalue weighted by Gasteiger charge is 2.09. The lowest BCUT2D eigenvalue weighted by atomic mass is 10.3. The Morgan fingerprint density at radius 1 is 1.64 bits per heavy atom. The normalized spacial score (nSPS) is 18.9. The van der Waals surface area contributed by atoms with Gasteiger partial charge in [-0.25, -0.2) is 0 Å². The van der Waals surface area contributed by atoms with Crippen LogP contribution in [-0.4, -0.2) is 39.3 Å². The topological polar surface area (TPSA) is 87.7 Å². The van der Waals surface area contributed by atoms with E-state index in [-0.39, 0.29) is 17.1 Å². The summed E-state index contributed by atoms with van der Waals surface area (Å²) >= 11 is 0. The molecule has 0 aromatic rings. The summed E-state index contributed by atoms with van der Waals surface area (Å²) in [6.07, 6.45) is 2.50. The van der Waals surface area contributed by atoms with Gasteiger partial charge in [-0.15, -0.1) is 0 Å². The van der Waals surface area contributed by atoms with Gasteiger partial charge in [-0.05, 0) is 19.9 Å². The number of oxime groups is 1. The van der Waals surface area contributed by atoms with E-state index in [0.29, 0.717) is 6.54 Å². The summed E-state index contributed by atoms with van der Waals surface area (Å²) in [5, 5.41) is 14.5. The Morgan fingerprint density at radius 3 is 2.64 bits per heavy atom. The van der Waals surface area contributed by atoms with E-state index in [9.17, 15) is 4.21 Å². The Balaban J connectivity index is 3.69. The summed E-state index contributed by atoms with van der Waals surface area (Å²) in [7, 11) is -0.788. The molecule has 0 aliphatic rings. The molecule has 0 aromatic carbocycles. The van der Waals surface area contributed by atoms with Gasteiger partial charge in [0.2, 0.25) is 0 Å². The number of nitrogens with one attached hydrogen (secondary N) is 1. The lowest BCUT2D eigenvalue weighted by Crippen LogP contribution is -2.40. The molecule has 0 aliphatic heterocycles. The smallest absolute Gasteiger partial charge is 0.156 e. The first-order valence-corrected chi connectivity index (χ1v) is 6.14. The molecule has 3 atom stereocenters. The van der Waals surface area contributed by atoms with Crippen molar-refractivity contribution in [1.29, 1.82) is 0 Å². The summed E-state index contributed by atoms with van der Waals surface area (Å²) in [6.45, 7) is 4.45. The highest BCUT2D eigenvalue weighted by Crippen LogP contribution is 1.97. The van der Waals surface area contributed by atoms with Crippen molar-refractivity contribution in [3.63, 3.8) is 0 Å². The molecular formula is C8H19N3O2S. The molecule has 0 aliphatic carbocycles. The van der Waals surface area contributed by atoms with Crippen LogP contribution in [-0.2, 0) is 10.8 Å². The molecule has 0 saturated carbocycles. The van der Waals surface area contributed by atoms with Crippen LogP contribution in [0.25, 0.3) is 0 Å². The highest BCUT2D eigenvalue weighted by atomic mass is 32.2. The quantitative estimate of drug-likeness (QED) is 0.252. The molecule has 5 nitrogen and oxygen atoms in total. The first kappa shape index (κ1) is 13.4. The number of hydrogen-bond donors (Lipinski definition) is 3. The Kier molecular flexibility index (Phi) is 6.48. The second-order valence-electron chi connectivity index (χ2n) is 3.30. The van der Waals surface area contributed by atoms with Gasteiger partial charge in [0.15, 0.2) is 5.84 Å². The third-order valence-electron chi connectivity index (χ3n) is 2.13. The molecule has 0 heterocycles. The van der Waals surface area contributed by atoms with Crippen molar-refractivity contribution >= 4 is 16.6 Å². The second kappa shape index (κ2) is 6.78. The first-order chi connectivity index (χ1) is 6.49. The first-order valence-electron chi connectivity index (χ1n) is 4.52. The SMILES string of the molecule is CC(NCCC(C)S(C)=O)C(N)=NO. The van der Waals surface area contributed by atoms with E-state index in [1.165, 1.54) is 0 Å². The van der Waals surface area contributed by atoms with Crippen molar-refractivity contribution < 1.29 is 9.42 Å². The van der Waals surface area contributed by atoms with Gasteiger partial charge in [-0.3, -0.25) is 4.21 Å². The zero-order valence-corrected chi connectivity index (χ0v) is 9.67. The molecule has 6 heteroatoms. The molecular weight excluding hydrogens is 202 g/mol. The van der Waals surface area contributed by atoms with E-state index in [4.69, 9.17) is 10.9 Å². The maximum atomic E-state index is 11.0. The summed E-state index contributed by atoms with van der Waals surface area (Å²) in [4.78, 5) is 0. The van der Waals surface area contributed by atoms with Crippen molar-refractivity contribution in [2.24, 2.45) is 10.9 Å². The molecule has 0 aromatic heterocycles. The molecule has 14 heavy (non-hydrogen) atoms. The second-order valence-corrected chi connectivity index (χ2v) is 5.10. The fraction of sp³-hybridized carbons (Fsp3) is 0.875. The molecule has 0 rings (SSSR count). The fourth-order valence-electron chi connectivity index (χ4n) is 0.860. The average Bonchev–Trinajstić information content (AvgIpc) is 2.15. The molecule has 3 unspecified atom stereocenters. The van der Waals surface area contributed by atoms with E-state index in [0.717, 1.165) is 6.42 Å². The van der Waals surface area contributed by atoms with Crippen LogP contribution in [0.2, 0.25) is 0 Å². The summed E-state index contributed by atoms with van der Waals surface area (Å²) < 4.78 is 11.0. The van der Waals surface area contributed by atoms with Gasteiger partial charge in [0, 0.05) is 22.3 Å². The van der Waals surface area contributed by atoms with Gasteiger partial charge in [0.1, 0.15) is 0 Å². The maximum Gasteiger partial charge on any atom is 0.156 e. The van der Waals surface area contributed by atoms with Gasteiger partial charge in [-0.2, -0.15) is 0 Å². The third kappa shape index (κ3) is 5.18. The Hall–Kier alpha value is -0.620. The molecule has 0 saturated heterocycles. The van der Waals surface area contributed by atoms with Gasteiger partial charge in [-0.1, -0.05) is 12.1 Å². The standard InChI is InChI=1S/C8H19N3O2S/c1-6(14(3)13)4-5-10-7(2)8(9)11-12/h6-7,10,12H,4-5H2,1-3H3,(H2,9,11). The Labute approximate surface area is 87.2 Å². The number of nitrogens with zero attached hydrogens (tertiary/aromatic N) is 1. The van der Waals surface area contributed by atoms with Crippen molar-refractivity contribution in [2.45, 2.75) is 31.6 Å². The van der Waals surface area contributed by atoms with Crippen molar-refractivity contribution in [1.82, 2.24) is 5.32 Å². The Morgan fingerprint density at radius 2 is 2.21 bits per heavy atom. The van der Waals surface area contributed by atoms with Crippen molar-refractivity contribution in [2.75, 3.05) is 12.8 Å². The van der Waals surface area contributed by atoms with Gasteiger partial charge in [0.25, 0.3) is 0 Å².